The predicted octanol–water partition coefficient (Wildman–Crippen LogP) is 2.65. The molecule has 1 aromatic heterocycles. The average molecular weight is 341 g/mol. The van der Waals surface area contributed by atoms with E-state index in [2.05, 4.69) is 9.46 Å². The van der Waals surface area contributed by atoms with Crippen molar-refractivity contribution >= 4 is 32.3 Å². The van der Waals surface area contributed by atoms with Gasteiger partial charge in [-0.3, -0.25) is 4.72 Å². The summed E-state index contributed by atoms with van der Waals surface area (Å²) in [5.74, 6) is -0.0297. The molecule has 0 saturated heterocycles. The summed E-state index contributed by atoms with van der Waals surface area (Å²) in [5.41, 5.74) is 0.196. The summed E-state index contributed by atoms with van der Waals surface area (Å²) in [6.07, 6.45) is 0. The molecule has 1 N–H and O–H groups in total. The number of nitrogens with one attached hydrogen (secondary N) is 1. The van der Waals surface area contributed by atoms with E-state index in [4.69, 9.17) is 4.74 Å². The number of methoxy groups -OCH3 is 2. The largest absolute Gasteiger partial charge is 0.497 e. The van der Waals surface area contributed by atoms with Crippen molar-refractivity contribution < 1.29 is 22.7 Å². The van der Waals surface area contributed by atoms with Crippen molar-refractivity contribution in [1.82, 2.24) is 0 Å². The van der Waals surface area contributed by atoms with Crippen LogP contribution in [0.4, 0.5) is 5.00 Å². The highest BCUT2D eigenvalue weighted by molar-refractivity contribution is 7.93. The van der Waals surface area contributed by atoms with E-state index in [1.807, 2.05) is 0 Å². The maximum Gasteiger partial charge on any atom is 0.340 e. The molecule has 1 heterocycles. The van der Waals surface area contributed by atoms with Crippen LogP contribution in [-0.2, 0) is 14.8 Å². The van der Waals surface area contributed by atoms with Crippen LogP contribution in [0.5, 0.6) is 5.75 Å². The Bertz CT molecular complexity index is 778. The molecule has 8 heteroatoms. The summed E-state index contributed by atoms with van der Waals surface area (Å²) < 4.78 is 36.8. The van der Waals surface area contributed by atoms with Gasteiger partial charge in [-0.2, -0.15) is 0 Å². The molecule has 0 aliphatic rings. The zero-order valence-corrected chi connectivity index (χ0v) is 13.9. The Labute approximate surface area is 132 Å². The van der Waals surface area contributed by atoms with Gasteiger partial charge < -0.3 is 9.47 Å². The third-order valence-electron chi connectivity index (χ3n) is 2.86. The Kier molecular flexibility index (Phi) is 4.72. The number of hydrogen-bond donors (Lipinski definition) is 1. The standard InChI is InChI=1S/C14H15NO5S2/c1-9-8-12(14(16)20-3)13(21-9)15-22(17,18)11-6-4-10(19-2)5-7-11/h4-8,15H,1-3H3. The summed E-state index contributed by atoms with van der Waals surface area (Å²) in [6.45, 7) is 1.78. The number of aryl methyl sites for hydroxylation is 1. The van der Waals surface area contributed by atoms with Gasteiger partial charge >= 0.3 is 5.97 Å². The summed E-state index contributed by atoms with van der Waals surface area (Å²) in [5, 5.41) is 0.236. The maximum atomic E-state index is 12.4. The molecule has 6 nitrogen and oxygen atoms in total. The van der Waals surface area contributed by atoms with Gasteiger partial charge in [-0.05, 0) is 37.3 Å². The fourth-order valence-corrected chi connectivity index (χ4v) is 4.00. The van der Waals surface area contributed by atoms with Gasteiger partial charge in [0.05, 0.1) is 24.7 Å². The molecule has 0 fully saturated rings. The summed E-state index contributed by atoms with van der Waals surface area (Å²) in [7, 11) is -1.05. The molecule has 0 radical (unpaired) electrons. The SMILES string of the molecule is COC(=O)c1cc(C)sc1NS(=O)(=O)c1ccc(OC)cc1. The first-order chi connectivity index (χ1) is 10.4. The van der Waals surface area contributed by atoms with Gasteiger partial charge in [0.1, 0.15) is 10.8 Å². The van der Waals surface area contributed by atoms with Gasteiger partial charge in [0.25, 0.3) is 10.0 Å². The van der Waals surface area contributed by atoms with E-state index in [-0.39, 0.29) is 15.5 Å². The van der Waals surface area contributed by atoms with Crippen LogP contribution in [0.15, 0.2) is 35.2 Å². The Morgan fingerprint density at radius 3 is 2.36 bits per heavy atom. The van der Waals surface area contributed by atoms with Crippen molar-refractivity contribution in [2.75, 3.05) is 18.9 Å². The zero-order chi connectivity index (χ0) is 16.3. The smallest absolute Gasteiger partial charge is 0.340 e. The fraction of sp³-hybridized carbons (Fsp3) is 0.214. The van der Waals surface area contributed by atoms with Crippen LogP contribution in [-0.4, -0.2) is 28.6 Å². The van der Waals surface area contributed by atoms with Gasteiger partial charge in [-0.1, -0.05) is 0 Å². The first kappa shape index (κ1) is 16.3. The molecule has 0 atom stereocenters. The molecule has 0 aliphatic heterocycles. The maximum absolute atomic E-state index is 12.4. The molecule has 0 bridgehead atoms. The molecule has 0 spiro atoms. The lowest BCUT2D eigenvalue weighted by atomic mass is 10.3. The van der Waals surface area contributed by atoms with E-state index in [1.54, 1.807) is 25.1 Å². The van der Waals surface area contributed by atoms with Crippen LogP contribution in [0.2, 0.25) is 0 Å². The van der Waals surface area contributed by atoms with E-state index in [1.165, 1.54) is 37.7 Å². The summed E-state index contributed by atoms with van der Waals surface area (Å²) in [4.78, 5) is 12.6. The van der Waals surface area contributed by atoms with Crippen molar-refractivity contribution in [3.63, 3.8) is 0 Å². The highest BCUT2D eigenvalue weighted by Crippen LogP contribution is 2.30. The minimum absolute atomic E-state index is 0.0789. The third-order valence-corrected chi connectivity index (χ3v) is 5.32. The number of benzene rings is 1. The summed E-state index contributed by atoms with van der Waals surface area (Å²) >= 11 is 1.17. The Morgan fingerprint density at radius 1 is 1.18 bits per heavy atom. The van der Waals surface area contributed by atoms with Gasteiger partial charge in [0, 0.05) is 4.88 Å². The van der Waals surface area contributed by atoms with E-state index in [0.29, 0.717) is 5.75 Å². The molecule has 2 rings (SSSR count). The second-order valence-corrected chi connectivity index (χ2v) is 7.31. The molecule has 0 aliphatic carbocycles. The summed E-state index contributed by atoms with van der Waals surface area (Å²) in [6, 6.07) is 7.55. The Balaban J connectivity index is 2.34. The molecular formula is C14H15NO5S2. The van der Waals surface area contributed by atoms with Crippen LogP contribution in [0.1, 0.15) is 15.2 Å². The number of anilines is 1. The molecule has 2 aromatic rings. The first-order valence-corrected chi connectivity index (χ1v) is 8.53. The predicted molar refractivity (Wildman–Crippen MR) is 84.2 cm³/mol. The lowest BCUT2D eigenvalue weighted by molar-refractivity contribution is 0.0602. The van der Waals surface area contributed by atoms with Crippen LogP contribution >= 0.6 is 11.3 Å². The lowest BCUT2D eigenvalue weighted by Gasteiger charge is -2.08. The van der Waals surface area contributed by atoms with Crippen LogP contribution in [0, 0.1) is 6.92 Å². The first-order valence-electron chi connectivity index (χ1n) is 6.23. The highest BCUT2D eigenvalue weighted by Gasteiger charge is 2.21. The van der Waals surface area contributed by atoms with Crippen LogP contribution in [0.25, 0.3) is 0 Å². The number of ether oxygens (including phenoxy) is 2. The van der Waals surface area contributed by atoms with E-state index < -0.39 is 16.0 Å². The van der Waals surface area contributed by atoms with Crippen molar-refractivity contribution in [2.24, 2.45) is 0 Å². The molecular weight excluding hydrogens is 326 g/mol. The Morgan fingerprint density at radius 2 is 1.82 bits per heavy atom. The lowest BCUT2D eigenvalue weighted by Crippen LogP contribution is -2.14. The van der Waals surface area contributed by atoms with Gasteiger partial charge in [-0.15, -0.1) is 11.3 Å². The van der Waals surface area contributed by atoms with Gasteiger partial charge in [0.2, 0.25) is 0 Å². The molecule has 0 saturated carbocycles. The minimum atomic E-state index is -3.79. The third kappa shape index (κ3) is 3.40. The number of sulfonamides is 1. The fourth-order valence-electron chi connectivity index (χ4n) is 1.79. The number of carbonyl (C=O) groups excluding carboxylic acids is 1. The van der Waals surface area contributed by atoms with E-state index >= 15 is 0 Å². The number of carbonyl (C=O) groups is 1. The van der Waals surface area contributed by atoms with Gasteiger partial charge in [0.15, 0.2) is 0 Å². The number of rotatable bonds is 5. The topological polar surface area (TPSA) is 81.7 Å². The second-order valence-electron chi connectivity index (χ2n) is 4.37. The van der Waals surface area contributed by atoms with Crippen molar-refractivity contribution in [2.45, 2.75) is 11.8 Å². The quantitative estimate of drug-likeness (QED) is 0.846. The minimum Gasteiger partial charge on any atom is -0.497 e. The number of esters is 1. The highest BCUT2D eigenvalue weighted by atomic mass is 32.2. The van der Waals surface area contributed by atoms with Crippen LogP contribution in [0.3, 0.4) is 0 Å². The number of thiophene rings is 1. The Hall–Kier alpha value is -2.06. The second kappa shape index (κ2) is 6.37. The molecule has 22 heavy (non-hydrogen) atoms. The zero-order valence-electron chi connectivity index (χ0n) is 12.2. The van der Waals surface area contributed by atoms with Crippen molar-refractivity contribution in [1.29, 1.82) is 0 Å². The van der Waals surface area contributed by atoms with E-state index in [9.17, 15) is 13.2 Å². The molecule has 0 unspecified atom stereocenters. The number of hydrogen-bond acceptors (Lipinski definition) is 6. The normalized spacial score (nSPS) is 11.0. The molecule has 118 valence electrons. The van der Waals surface area contributed by atoms with Crippen molar-refractivity contribution in [3.8, 4) is 5.75 Å². The van der Waals surface area contributed by atoms with Crippen LogP contribution < -0.4 is 9.46 Å². The molecule has 1 aromatic carbocycles. The monoisotopic (exact) mass is 341 g/mol. The van der Waals surface area contributed by atoms with Gasteiger partial charge in [-0.25, -0.2) is 13.2 Å². The van der Waals surface area contributed by atoms with Crippen molar-refractivity contribution in [3.05, 3.63) is 40.8 Å². The average Bonchev–Trinajstić information content (AvgIpc) is 2.86. The van der Waals surface area contributed by atoms with E-state index in [0.717, 1.165) is 4.88 Å². The molecule has 0 amide bonds.